The van der Waals surface area contributed by atoms with Gasteiger partial charge in [0.15, 0.2) is 0 Å². The third-order valence-corrected chi connectivity index (χ3v) is 5.56. The first kappa shape index (κ1) is 21.7. The van der Waals surface area contributed by atoms with Crippen LogP contribution >= 0.6 is 11.6 Å². The molecule has 0 spiro atoms. The molecule has 30 heavy (non-hydrogen) atoms. The van der Waals surface area contributed by atoms with Gasteiger partial charge in [-0.1, -0.05) is 41.9 Å². The second-order valence-electron chi connectivity index (χ2n) is 6.22. The minimum absolute atomic E-state index is 0.0887. The van der Waals surface area contributed by atoms with Crippen molar-refractivity contribution in [3.8, 4) is 11.5 Å². The first-order valence-corrected chi connectivity index (χ1v) is 11.1. The average molecular weight is 445 g/mol. The van der Waals surface area contributed by atoms with Crippen LogP contribution < -0.4 is 14.3 Å². The Morgan fingerprint density at radius 2 is 1.73 bits per heavy atom. The predicted octanol–water partition coefficient (Wildman–Crippen LogP) is 4.63. The first-order valence-electron chi connectivity index (χ1n) is 9.22. The lowest BCUT2D eigenvalue weighted by molar-refractivity contribution is 0.306. The standard InChI is InChI=1S/C22H21ClN2O4S/c1-2-28-19-9-11-20(12-10-19)30(26,27)25-24-15-18-8-13-22(21(23)14-18)29-16-17-6-4-3-5-7-17/h3-15,25H,2,16H2,1H3/b24-15+. The summed E-state index contributed by atoms with van der Waals surface area (Å²) in [5.74, 6) is 1.14. The fourth-order valence-electron chi connectivity index (χ4n) is 2.55. The van der Waals surface area contributed by atoms with Crippen molar-refractivity contribution in [3.63, 3.8) is 0 Å². The summed E-state index contributed by atoms with van der Waals surface area (Å²) in [6, 6.07) is 20.9. The molecule has 156 valence electrons. The Hall–Kier alpha value is -3.03. The molecule has 0 saturated carbocycles. The highest BCUT2D eigenvalue weighted by Gasteiger charge is 2.12. The summed E-state index contributed by atoms with van der Waals surface area (Å²) >= 11 is 6.26. The van der Waals surface area contributed by atoms with Crippen LogP contribution in [0.5, 0.6) is 11.5 Å². The molecule has 0 aliphatic rings. The zero-order chi connectivity index (χ0) is 21.4. The number of nitrogens with zero attached hydrogens (tertiary/aromatic N) is 1. The van der Waals surface area contributed by atoms with Crippen LogP contribution in [0.2, 0.25) is 5.02 Å². The molecule has 0 bridgehead atoms. The van der Waals surface area contributed by atoms with E-state index in [1.165, 1.54) is 18.3 Å². The molecule has 0 aliphatic heterocycles. The second kappa shape index (κ2) is 10.1. The van der Waals surface area contributed by atoms with Gasteiger partial charge in [-0.2, -0.15) is 13.5 Å². The van der Waals surface area contributed by atoms with Crippen LogP contribution in [0.25, 0.3) is 0 Å². The van der Waals surface area contributed by atoms with Crippen LogP contribution in [0.4, 0.5) is 0 Å². The normalized spacial score (nSPS) is 11.4. The highest BCUT2D eigenvalue weighted by molar-refractivity contribution is 7.89. The smallest absolute Gasteiger partial charge is 0.276 e. The fraction of sp³-hybridized carbons (Fsp3) is 0.136. The van der Waals surface area contributed by atoms with Crippen molar-refractivity contribution >= 4 is 27.8 Å². The van der Waals surface area contributed by atoms with Crippen molar-refractivity contribution in [2.45, 2.75) is 18.4 Å². The second-order valence-corrected chi connectivity index (χ2v) is 8.29. The number of benzene rings is 3. The van der Waals surface area contributed by atoms with Crippen LogP contribution in [-0.2, 0) is 16.6 Å². The van der Waals surface area contributed by atoms with E-state index < -0.39 is 10.0 Å². The molecule has 0 heterocycles. The van der Waals surface area contributed by atoms with Crippen molar-refractivity contribution in [2.75, 3.05) is 6.61 Å². The van der Waals surface area contributed by atoms with Gasteiger partial charge in [-0.15, -0.1) is 0 Å². The molecule has 0 aliphatic carbocycles. The van der Waals surface area contributed by atoms with Gasteiger partial charge in [0.1, 0.15) is 18.1 Å². The van der Waals surface area contributed by atoms with Gasteiger partial charge in [0, 0.05) is 0 Å². The predicted molar refractivity (Wildman–Crippen MR) is 118 cm³/mol. The fourth-order valence-corrected chi connectivity index (χ4v) is 3.59. The van der Waals surface area contributed by atoms with E-state index in [0.717, 1.165) is 5.56 Å². The number of hydrogen-bond donors (Lipinski definition) is 1. The summed E-state index contributed by atoms with van der Waals surface area (Å²) in [5.41, 5.74) is 1.66. The van der Waals surface area contributed by atoms with Crippen LogP contribution in [-0.4, -0.2) is 21.2 Å². The van der Waals surface area contributed by atoms with E-state index >= 15 is 0 Å². The van der Waals surface area contributed by atoms with E-state index in [4.69, 9.17) is 21.1 Å². The molecule has 3 aromatic carbocycles. The van der Waals surface area contributed by atoms with E-state index in [2.05, 4.69) is 9.93 Å². The third kappa shape index (κ3) is 5.98. The van der Waals surface area contributed by atoms with Gasteiger partial charge in [-0.3, -0.25) is 0 Å². The summed E-state index contributed by atoms with van der Waals surface area (Å²) in [4.78, 5) is 2.27. The molecule has 0 unspecified atom stereocenters. The SMILES string of the molecule is CCOc1ccc(S(=O)(=O)N/N=C/c2ccc(OCc3ccccc3)c(Cl)c2)cc1. The summed E-state index contributed by atoms with van der Waals surface area (Å²) in [6.07, 6.45) is 1.37. The van der Waals surface area contributed by atoms with Crippen molar-refractivity contribution in [3.05, 3.63) is 88.9 Å². The molecule has 0 saturated heterocycles. The maximum Gasteiger partial charge on any atom is 0.276 e. The minimum Gasteiger partial charge on any atom is -0.494 e. The number of nitrogens with one attached hydrogen (secondary N) is 1. The Morgan fingerprint density at radius 3 is 2.40 bits per heavy atom. The summed E-state index contributed by atoms with van der Waals surface area (Å²) < 4.78 is 35.7. The van der Waals surface area contributed by atoms with Crippen molar-refractivity contribution in [1.29, 1.82) is 0 Å². The van der Waals surface area contributed by atoms with E-state index in [0.29, 0.717) is 35.3 Å². The Kier molecular flexibility index (Phi) is 7.32. The number of hydrazone groups is 1. The quantitative estimate of drug-likeness (QED) is 0.385. The lowest BCUT2D eigenvalue weighted by Crippen LogP contribution is -2.18. The molecule has 6 nitrogen and oxygen atoms in total. The van der Waals surface area contributed by atoms with E-state index in [9.17, 15) is 8.42 Å². The van der Waals surface area contributed by atoms with E-state index in [-0.39, 0.29) is 4.90 Å². The molecule has 1 N–H and O–H groups in total. The maximum absolute atomic E-state index is 12.3. The van der Waals surface area contributed by atoms with Gasteiger partial charge in [0.25, 0.3) is 10.0 Å². The monoisotopic (exact) mass is 444 g/mol. The molecule has 3 rings (SSSR count). The minimum atomic E-state index is -3.78. The lowest BCUT2D eigenvalue weighted by atomic mass is 10.2. The third-order valence-electron chi connectivity index (χ3n) is 4.02. The Bertz CT molecular complexity index is 1100. The van der Waals surface area contributed by atoms with Crippen molar-refractivity contribution < 1.29 is 17.9 Å². The summed E-state index contributed by atoms with van der Waals surface area (Å²) in [5, 5.41) is 4.23. The molecule has 8 heteroatoms. The highest BCUT2D eigenvalue weighted by atomic mass is 35.5. The van der Waals surface area contributed by atoms with Gasteiger partial charge in [0.05, 0.1) is 22.7 Å². The van der Waals surface area contributed by atoms with E-state index in [1.807, 2.05) is 37.3 Å². The Morgan fingerprint density at radius 1 is 1.00 bits per heavy atom. The van der Waals surface area contributed by atoms with Crippen molar-refractivity contribution in [1.82, 2.24) is 4.83 Å². The van der Waals surface area contributed by atoms with Crippen LogP contribution in [0.3, 0.4) is 0 Å². The number of halogens is 1. The number of sulfonamides is 1. The first-order chi connectivity index (χ1) is 14.5. The molecule has 0 amide bonds. The molecular formula is C22H21ClN2O4S. The average Bonchev–Trinajstić information content (AvgIpc) is 2.74. The molecule has 3 aromatic rings. The van der Waals surface area contributed by atoms with Gasteiger partial charge >= 0.3 is 0 Å². The molecule has 0 atom stereocenters. The Labute approximate surface area is 181 Å². The van der Waals surface area contributed by atoms with Crippen LogP contribution in [0.15, 0.2) is 82.8 Å². The number of ether oxygens (including phenoxy) is 2. The van der Waals surface area contributed by atoms with Crippen LogP contribution in [0, 0.1) is 0 Å². The Balaban J connectivity index is 1.60. The van der Waals surface area contributed by atoms with Gasteiger partial charge in [-0.25, -0.2) is 4.83 Å². The van der Waals surface area contributed by atoms with Crippen molar-refractivity contribution in [2.24, 2.45) is 5.10 Å². The maximum atomic E-state index is 12.3. The highest BCUT2D eigenvalue weighted by Crippen LogP contribution is 2.26. The summed E-state index contributed by atoms with van der Waals surface area (Å²) in [6.45, 7) is 2.76. The zero-order valence-electron chi connectivity index (χ0n) is 16.3. The zero-order valence-corrected chi connectivity index (χ0v) is 17.9. The number of rotatable bonds is 9. The largest absolute Gasteiger partial charge is 0.494 e. The molecule has 0 radical (unpaired) electrons. The number of hydrogen-bond acceptors (Lipinski definition) is 5. The van der Waals surface area contributed by atoms with E-state index in [1.54, 1.807) is 30.3 Å². The van der Waals surface area contributed by atoms with Gasteiger partial charge < -0.3 is 9.47 Å². The van der Waals surface area contributed by atoms with Gasteiger partial charge in [0.2, 0.25) is 0 Å². The van der Waals surface area contributed by atoms with Crippen LogP contribution in [0.1, 0.15) is 18.1 Å². The lowest BCUT2D eigenvalue weighted by Gasteiger charge is -2.08. The topological polar surface area (TPSA) is 77.0 Å². The van der Waals surface area contributed by atoms with Gasteiger partial charge in [-0.05, 0) is 60.5 Å². The molecular weight excluding hydrogens is 424 g/mol. The molecule has 0 aromatic heterocycles. The summed E-state index contributed by atoms with van der Waals surface area (Å²) in [7, 11) is -3.78. The molecule has 0 fully saturated rings.